The monoisotopic (exact) mass is 235 g/mol. The minimum Gasteiger partial charge on any atom is -0.303 e. The SMILES string of the molecule is Cc1ccc(SCCN2CCCCC2)cc1. The zero-order valence-electron chi connectivity index (χ0n) is 10.1. The molecule has 1 fully saturated rings. The third-order valence-electron chi connectivity index (χ3n) is 3.15. The van der Waals surface area contributed by atoms with Crippen LogP contribution in [-0.4, -0.2) is 30.3 Å². The van der Waals surface area contributed by atoms with E-state index in [2.05, 4.69) is 36.1 Å². The Labute approximate surface area is 103 Å². The van der Waals surface area contributed by atoms with Gasteiger partial charge in [0.1, 0.15) is 0 Å². The summed E-state index contributed by atoms with van der Waals surface area (Å²) in [4.78, 5) is 4.01. The first kappa shape index (κ1) is 12.0. The molecule has 1 aliphatic rings. The second-order valence-corrected chi connectivity index (χ2v) is 5.73. The number of thioether (sulfide) groups is 1. The highest BCUT2D eigenvalue weighted by Gasteiger charge is 2.08. The number of aryl methyl sites for hydroxylation is 1. The van der Waals surface area contributed by atoms with Gasteiger partial charge in [-0.3, -0.25) is 0 Å². The van der Waals surface area contributed by atoms with Gasteiger partial charge in [-0.15, -0.1) is 11.8 Å². The van der Waals surface area contributed by atoms with Crippen molar-refractivity contribution >= 4 is 11.8 Å². The van der Waals surface area contributed by atoms with Crippen molar-refractivity contribution in [3.8, 4) is 0 Å². The molecule has 2 rings (SSSR count). The number of likely N-dealkylation sites (tertiary alicyclic amines) is 1. The standard InChI is InChI=1S/C14H21NS/c1-13-5-7-14(8-6-13)16-12-11-15-9-3-2-4-10-15/h5-8H,2-4,9-12H2,1H3. The third kappa shape index (κ3) is 3.84. The molecule has 1 aliphatic heterocycles. The van der Waals surface area contributed by atoms with Crippen LogP contribution in [0.25, 0.3) is 0 Å². The van der Waals surface area contributed by atoms with Crippen LogP contribution in [0.15, 0.2) is 29.2 Å². The summed E-state index contributed by atoms with van der Waals surface area (Å²) in [5, 5.41) is 0. The molecule has 0 unspecified atom stereocenters. The van der Waals surface area contributed by atoms with Crippen LogP contribution < -0.4 is 0 Å². The highest BCUT2D eigenvalue weighted by Crippen LogP contribution is 2.19. The molecular weight excluding hydrogens is 214 g/mol. The van der Waals surface area contributed by atoms with E-state index in [1.165, 1.54) is 55.1 Å². The summed E-state index contributed by atoms with van der Waals surface area (Å²) in [5.74, 6) is 1.23. The number of benzene rings is 1. The molecule has 0 aliphatic carbocycles. The molecule has 2 heteroatoms. The minimum atomic E-state index is 1.23. The van der Waals surface area contributed by atoms with Crippen LogP contribution in [0.3, 0.4) is 0 Å². The molecular formula is C14H21NS. The zero-order valence-corrected chi connectivity index (χ0v) is 10.9. The van der Waals surface area contributed by atoms with Gasteiger partial charge in [0, 0.05) is 17.2 Å². The summed E-state index contributed by atoms with van der Waals surface area (Å²) in [6.07, 6.45) is 4.23. The van der Waals surface area contributed by atoms with E-state index in [4.69, 9.17) is 0 Å². The minimum absolute atomic E-state index is 1.23. The lowest BCUT2D eigenvalue weighted by Gasteiger charge is -2.26. The van der Waals surface area contributed by atoms with Crippen molar-refractivity contribution in [1.29, 1.82) is 0 Å². The maximum atomic E-state index is 2.60. The predicted octanol–water partition coefficient (Wildman–Crippen LogP) is 3.57. The molecule has 1 heterocycles. The van der Waals surface area contributed by atoms with Crippen LogP contribution in [-0.2, 0) is 0 Å². The Hall–Kier alpha value is -0.470. The van der Waals surface area contributed by atoms with Gasteiger partial charge in [0.05, 0.1) is 0 Å². The van der Waals surface area contributed by atoms with Crippen molar-refractivity contribution in [1.82, 2.24) is 4.90 Å². The summed E-state index contributed by atoms with van der Waals surface area (Å²) >= 11 is 1.98. The maximum absolute atomic E-state index is 2.60. The van der Waals surface area contributed by atoms with Crippen LogP contribution in [0.4, 0.5) is 0 Å². The van der Waals surface area contributed by atoms with Gasteiger partial charge in [-0.1, -0.05) is 24.1 Å². The lowest BCUT2D eigenvalue weighted by molar-refractivity contribution is 0.242. The molecule has 0 amide bonds. The predicted molar refractivity (Wildman–Crippen MR) is 72.2 cm³/mol. The van der Waals surface area contributed by atoms with E-state index >= 15 is 0 Å². The fourth-order valence-corrected chi connectivity index (χ4v) is 3.02. The van der Waals surface area contributed by atoms with Gasteiger partial charge in [-0.25, -0.2) is 0 Å². The first-order chi connectivity index (χ1) is 7.84. The van der Waals surface area contributed by atoms with E-state index in [-0.39, 0.29) is 0 Å². The summed E-state index contributed by atoms with van der Waals surface area (Å²) in [6, 6.07) is 8.86. The molecule has 16 heavy (non-hydrogen) atoms. The summed E-state index contributed by atoms with van der Waals surface area (Å²) in [5.41, 5.74) is 1.35. The summed E-state index contributed by atoms with van der Waals surface area (Å²) in [6.45, 7) is 6.02. The van der Waals surface area contributed by atoms with Gasteiger partial charge in [-0.05, 0) is 45.0 Å². The fraction of sp³-hybridized carbons (Fsp3) is 0.571. The number of rotatable bonds is 4. The Bertz CT molecular complexity index is 301. The van der Waals surface area contributed by atoms with E-state index in [9.17, 15) is 0 Å². The smallest absolute Gasteiger partial charge is 0.0108 e. The number of hydrogen-bond acceptors (Lipinski definition) is 2. The fourth-order valence-electron chi connectivity index (χ4n) is 2.11. The molecule has 1 aromatic carbocycles. The van der Waals surface area contributed by atoms with Gasteiger partial charge in [-0.2, -0.15) is 0 Å². The van der Waals surface area contributed by atoms with Gasteiger partial charge < -0.3 is 4.90 Å². The molecule has 0 aromatic heterocycles. The third-order valence-corrected chi connectivity index (χ3v) is 4.14. The molecule has 1 aromatic rings. The second-order valence-electron chi connectivity index (χ2n) is 4.56. The normalized spacial score (nSPS) is 17.6. The van der Waals surface area contributed by atoms with Crippen LogP contribution in [0.5, 0.6) is 0 Å². The largest absolute Gasteiger partial charge is 0.303 e. The molecule has 0 saturated carbocycles. The van der Waals surface area contributed by atoms with Crippen LogP contribution in [0.1, 0.15) is 24.8 Å². The molecule has 0 spiro atoms. The molecule has 0 bridgehead atoms. The topological polar surface area (TPSA) is 3.24 Å². The molecule has 88 valence electrons. The van der Waals surface area contributed by atoms with Crippen LogP contribution in [0, 0.1) is 6.92 Å². The first-order valence-electron chi connectivity index (χ1n) is 6.26. The lowest BCUT2D eigenvalue weighted by Crippen LogP contribution is -2.31. The lowest BCUT2D eigenvalue weighted by atomic mass is 10.1. The Morgan fingerprint density at radius 2 is 1.75 bits per heavy atom. The van der Waals surface area contributed by atoms with E-state index in [1.54, 1.807) is 0 Å². The summed E-state index contributed by atoms with van der Waals surface area (Å²) in [7, 11) is 0. The molecule has 0 radical (unpaired) electrons. The number of hydrogen-bond donors (Lipinski definition) is 0. The molecule has 1 nitrogen and oxygen atoms in total. The average Bonchev–Trinajstić information content (AvgIpc) is 2.33. The van der Waals surface area contributed by atoms with Gasteiger partial charge in [0.2, 0.25) is 0 Å². The summed E-state index contributed by atoms with van der Waals surface area (Å²) < 4.78 is 0. The van der Waals surface area contributed by atoms with Gasteiger partial charge in [0.25, 0.3) is 0 Å². The Balaban J connectivity index is 1.69. The van der Waals surface area contributed by atoms with Gasteiger partial charge in [0.15, 0.2) is 0 Å². The van der Waals surface area contributed by atoms with E-state index in [1.807, 2.05) is 11.8 Å². The molecule has 1 saturated heterocycles. The van der Waals surface area contributed by atoms with Crippen molar-refractivity contribution in [2.75, 3.05) is 25.4 Å². The van der Waals surface area contributed by atoms with Crippen molar-refractivity contribution in [2.45, 2.75) is 31.1 Å². The van der Waals surface area contributed by atoms with E-state index in [0.717, 1.165) is 0 Å². The average molecular weight is 235 g/mol. The van der Waals surface area contributed by atoms with Gasteiger partial charge >= 0.3 is 0 Å². The zero-order chi connectivity index (χ0) is 11.2. The van der Waals surface area contributed by atoms with Crippen LogP contribution in [0.2, 0.25) is 0 Å². The Morgan fingerprint density at radius 1 is 1.06 bits per heavy atom. The van der Waals surface area contributed by atoms with E-state index in [0.29, 0.717) is 0 Å². The Morgan fingerprint density at radius 3 is 2.44 bits per heavy atom. The van der Waals surface area contributed by atoms with E-state index < -0.39 is 0 Å². The first-order valence-corrected chi connectivity index (χ1v) is 7.25. The van der Waals surface area contributed by atoms with Crippen molar-refractivity contribution in [3.05, 3.63) is 29.8 Å². The van der Waals surface area contributed by atoms with Crippen molar-refractivity contribution < 1.29 is 0 Å². The number of nitrogens with zero attached hydrogens (tertiary/aromatic N) is 1. The molecule has 0 atom stereocenters. The second kappa shape index (κ2) is 6.31. The van der Waals surface area contributed by atoms with Crippen molar-refractivity contribution in [3.63, 3.8) is 0 Å². The maximum Gasteiger partial charge on any atom is 0.0108 e. The van der Waals surface area contributed by atoms with Crippen LogP contribution >= 0.6 is 11.8 Å². The Kier molecular flexibility index (Phi) is 4.73. The molecule has 0 N–H and O–H groups in total. The number of piperidine rings is 1. The van der Waals surface area contributed by atoms with Crippen molar-refractivity contribution in [2.24, 2.45) is 0 Å². The highest BCUT2D eigenvalue weighted by molar-refractivity contribution is 7.99. The quantitative estimate of drug-likeness (QED) is 0.734. The highest BCUT2D eigenvalue weighted by atomic mass is 32.2.